The zero-order valence-corrected chi connectivity index (χ0v) is 21.7. The second-order valence-corrected chi connectivity index (χ2v) is 9.80. The molecular weight excluding hydrogens is 439 g/mol. The summed E-state index contributed by atoms with van der Waals surface area (Å²) in [6.07, 6.45) is 9.87. The molecule has 0 atom stereocenters. The first kappa shape index (κ1) is 25.7. The number of hydrogen-bond donors (Lipinski definition) is 0. The van der Waals surface area contributed by atoms with Gasteiger partial charge in [-0.1, -0.05) is 99.5 Å². The van der Waals surface area contributed by atoms with Gasteiger partial charge in [0.1, 0.15) is 5.82 Å². The topological polar surface area (TPSA) is 0 Å². The molecule has 36 heavy (non-hydrogen) atoms. The Kier molecular flexibility index (Phi) is 9.34. The first-order valence-corrected chi connectivity index (χ1v) is 13.6. The van der Waals surface area contributed by atoms with Crippen molar-refractivity contribution in [1.82, 2.24) is 0 Å². The van der Waals surface area contributed by atoms with Crippen LogP contribution in [0.2, 0.25) is 0 Å². The van der Waals surface area contributed by atoms with Crippen LogP contribution in [0.4, 0.5) is 4.39 Å². The van der Waals surface area contributed by atoms with E-state index in [-0.39, 0.29) is 5.82 Å². The Morgan fingerprint density at radius 3 is 1.81 bits per heavy atom. The van der Waals surface area contributed by atoms with Crippen LogP contribution >= 0.6 is 0 Å². The van der Waals surface area contributed by atoms with Crippen molar-refractivity contribution >= 4 is 10.8 Å². The van der Waals surface area contributed by atoms with Crippen LogP contribution in [-0.2, 0) is 25.7 Å². The molecule has 0 aliphatic rings. The lowest BCUT2D eigenvalue weighted by molar-refractivity contribution is 0.609. The highest BCUT2D eigenvalue weighted by molar-refractivity contribution is 5.85. The van der Waals surface area contributed by atoms with Crippen molar-refractivity contribution in [3.05, 3.63) is 118 Å². The summed E-state index contributed by atoms with van der Waals surface area (Å²) in [5.74, 6) is 6.44. The van der Waals surface area contributed by atoms with Crippen LogP contribution in [0.5, 0.6) is 0 Å². The Bertz CT molecular complexity index is 1320. The van der Waals surface area contributed by atoms with Crippen LogP contribution in [-0.4, -0.2) is 0 Å². The van der Waals surface area contributed by atoms with E-state index in [2.05, 4.69) is 74.2 Å². The highest BCUT2D eigenvalue weighted by Gasteiger charge is 2.07. The van der Waals surface area contributed by atoms with Gasteiger partial charge in [-0.3, -0.25) is 0 Å². The fourth-order valence-electron chi connectivity index (χ4n) is 4.61. The van der Waals surface area contributed by atoms with Gasteiger partial charge < -0.3 is 0 Å². The standard InChI is InChI=1S/C35H37F/c1-3-5-7-9-32-23-24-33-26-31(22-25-34(33)35(32)36)21-20-30-18-16-29(17-19-30)15-14-28-12-10-27(11-13-28)8-6-4-2/h10-13,16-19,22-26H,3-9,14-15H2,1-2H3. The highest BCUT2D eigenvalue weighted by Crippen LogP contribution is 2.24. The van der Waals surface area contributed by atoms with Crippen molar-refractivity contribution in [2.45, 2.75) is 71.6 Å². The molecule has 0 unspecified atom stereocenters. The molecular formula is C35H37F. The Balaban J connectivity index is 1.36. The van der Waals surface area contributed by atoms with Gasteiger partial charge in [-0.05, 0) is 90.4 Å². The number of fused-ring (bicyclic) bond motifs is 1. The molecule has 4 aromatic carbocycles. The number of benzene rings is 4. The van der Waals surface area contributed by atoms with Gasteiger partial charge in [0.2, 0.25) is 0 Å². The molecule has 0 aromatic heterocycles. The van der Waals surface area contributed by atoms with Gasteiger partial charge >= 0.3 is 0 Å². The van der Waals surface area contributed by atoms with Gasteiger partial charge in [0.15, 0.2) is 0 Å². The quantitative estimate of drug-likeness (QED) is 0.158. The Morgan fingerprint density at radius 1 is 0.556 bits per heavy atom. The number of hydrogen-bond acceptors (Lipinski definition) is 0. The fourth-order valence-corrected chi connectivity index (χ4v) is 4.61. The van der Waals surface area contributed by atoms with E-state index in [1.165, 1.54) is 36.0 Å². The molecule has 0 bridgehead atoms. The molecule has 0 fully saturated rings. The minimum Gasteiger partial charge on any atom is -0.206 e. The number of aryl methyl sites for hydroxylation is 4. The van der Waals surface area contributed by atoms with Crippen LogP contribution in [0.15, 0.2) is 78.9 Å². The lowest BCUT2D eigenvalue weighted by Gasteiger charge is -2.07. The summed E-state index contributed by atoms with van der Waals surface area (Å²) in [7, 11) is 0. The van der Waals surface area contributed by atoms with Crippen LogP contribution < -0.4 is 0 Å². The zero-order chi connectivity index (χ0) is 25.2. The Hall–Kier alpha value is -3.37. The average Bonchev–Trinajstić information content (AvgIpc) is 2.92. The number of rotatable bonds is 10. The smallest absolute Gasteiger partial charge is 0.134 e. The van der Waals surface area contributed by atoms with Crippen molar-refractivity contribution in [3.8, 4) is 11.8 Å². The predicted molar refractivity (Wildman–Crippen MR) is 152 cm³/mol. The first-order chi connectivity index (χ1) is 17.7. The van der Waals surface area contributed by atoms with E-state index in [9.17, 15) is 4.39 Å². The normalized spacial score (nSPS) is 10.9. The van der Waals surface area contributed by atoms with E-state index >= 15 is 0 Å². The van der Waals surface area contributed by atoms with Crippen molar-refractivity contribution in [1.29, 1.82) is 0 Å². The lowest BCUT2D eigenvalue weighted by Crippen LogP contribution is -1.93. The molecule has 1 heteroatoms. The van der Waals surface area contributed by atoms with E-state index in [0.717, 1.165) is 60.6 Å². The SMILES string of the molecule is CCCCCc1ccc2cc(C#Cc3ccc(CCc4ccc(CCCC)cc4)cc3)ccc2c1F. The van der Waals surface area contributed by atoms with Crippen LogP contribution in [0.25, 0.3) is 10.8 Å². The summed E-state index contributed by atoms with van der Waals surface area (Å²) in [5, 5.41) is 1.60. The van der Waals surface area contributed by atoms with Crippen molar-refractivity contribution < 1.29 is 4.39 Å². The third-order valence-electron chi connectivity index (χ3n) is 6.93. The van der Waals surface area contributed by atoms with E-state index in [4.69, 9.17) is 0 Å². The minimum atomic E-state index is -0.0777. The summed E-state index contributed by atoms with van der Waals surface area (Å²) in [6, 6.07) is 27.4. The maximum Gasteiger partial charge on any atom is 0.134 e. The Labute approximate surface area is 216 Å². The fraction of sp³-hybridized carbons (Fsp3) is 0.314. The Morgan fingerprint density at radius 2 is 1.14 bits per heavy atom. The molecule has 0 spiro atoms. The molecule has 0 saturated carbocycles. The van der Waals surface area contributed by atoms with Gasteiger partial charge in [0, 0.05) is 16.5 Å². The van der Waals surface area contributed by atoms with Crippen molar-refractivity contribution in [2.75, 3.05) is 0 Å². The third-order valence-corrected chi connectivity index (χ3v) is 6.93. The van der Waals surface area contributed by atoms with Crippen LogP contribution in [0, 0.1) is 17.7 Å². The first-order valence-electron chi connectivity index (χ1n) is 13.6. The van der Waals surface area contributed by atoms with Gasteiger partial charge in [0.25, 0.3) is 0 Å². The maximum atomic E-state index is 14.9. The molecule has 0 nitrogen and oxygen atoms in total. The van der Waals surface area contributed by atoms with Crippen molar-refractivity contribution in [3.63, 3.8) is 0 Å². The van der Waals surface area contributed by atoms with Gasteiger partial charge in [-0.15, -0.1) is 0 Å². The van der Waals surface area contributed by atoms with Gasteiger partial charge in [-0.2, -0.15) is 0 Å². The third kappa shape index (κ3) is 7.08. The van der Waals surface area contributed by atoms with Crippen LogP contribution in [0.3, 0.4) is 0 Å². The summed E-state index contributed by atoms with van der Waals surface area (Å²) in [6.45, 7) is 4.41. The van der Waals surface area contributed by atoms with E-state index in [1.807, 2.05) is 30.3 Å². The number of halogens is 1. The molecule has 0 radical (unpaired) electrons. The van der Waals surface area contributed by atoms with E-state index in [1.54, 1.807) is 0 Å². The van der Waals surface area contributed by atoms with Crippen molar-refractivity contribution in [2.24, 2.45) is 0 Å². The molecule has 0 aliphatic heterocycles. The second kappa shape index (κ2) is 13.1. The summed E-state index contributed by atoms with van der Waals surface area (Å²) in [5.41, 5.74) is 6.88. The molecule has 0 saturated heterocycles. The number of unbranched alkanes of at least 4 members (excludes halogenated alkanes) is 3. The minimum absolute atomic E-state index is 0.0777. The molecule has 0 heterocycles. The summed E-state index contributed by atoms with van der Waals surface area (Å²) < 4.78 is 14.9. The van der Waals surface area contributed by atoms with E-state index in [0.29, 0.717) is 5.39 Å². The van der Waals surface area contributed by atoms with Gasteiger partial charge in [-0.25, -0.2) is 4.39 Å². The molecule has 184 valence electrons. The molecule has 4 aromatic rings. The molecule has 0 aliphatic carbocycles. The predicted octanol–water partition coefficient (Wildman–Crippen LogP) is 9.24. The molecule has 0 amide bonds. The largest absolute Gasteiger partial charge is 0.206 e. The van der Waals surface area contributed by atoms with E-state index < -0.39 is 0 Å². The van der Waals surface area contributed by atoms with Crippen LogP contribution in [0.1, 0.15) is 79.3 Å². The zero-order valence-electron chi connectivity index (χ0n) is 21.7. The van der Waals surface area contributed by atoms with Gasteiger partial charge in [0.05, 0.1) is 0 Å². The average molecular weight is 477 g/mol. The molecule has 4 rings (SSSR count). The monoisotopic (exact) mass is 476 g/mol. The summed E-state index contributed by atoms with van der Waals surface area (Å²) in [4.78, 5) is 0. The lowest BCUT2D eigenvalue weighted by atomic mass is 10.00. The maximum absolute atomic E-state index is 14.9. The second-order valence-electron chi connectivity index (χ2n) is 9.80. The summed E-state index contributed by atoms with van der Waals surface area (Å²) >= 11 is 0. The highest BCUT2D eigenvalue weighted by atomic mass is 19.1. The molecule has 0 N–H and O–H groups in total.